The maximum Gasteiger partial charge on any atom is 0.0631 e. The van der Waals surface area contributed by atoms with Crippen LogP contribution in [0.3, 0.4) is 0 Å². The summed E-state index contributed by atoms with van der Waals surface area (Å²) >= 11 is 5.82. The van der Waals surface area contributed by atoms with E-state index >= 15 is 0 Å². The standard InChI is InChI=1S/C12H14ClN/c1-3-12(2,8-9-14)10-4-6-11(13)7-5-10/h4-7H,3,8H2,1-2H3. The largest absolute Gasteiger partial charge is 0.198 e. The Kier molecular flexibility index (Phi) is 3.55. The lowest BCUT2D eigenvalue weighted by molar-refractivity contribution is 0.466. The van der Waals surface area contributed by atoms with Gasteiger partial charge in [0.1, 0.15) is 0 Å². The molecular formula is C12H14ClN. The van der Waals surface area contributed by atoms with Gasteiger partial charge in [0.2, 0.25) is 0 Å². The molecule has 0 amide bonds. The van der Waals surface area contributed by atoms with Crippen LogP contribution in [0.1, 0.15) is 32.3 Å². The fourth-order valence-corrected chi connectivity index (χ4v) is 1.58. The van der Waals surface area contributed by atoms with Crippen molar-refractivity contribution in [2.24, 2.45) is 0 Å². The van der Waals surface area contributed by atoms with Crippen molar-refractivity contribution in [3.8, 4) is 6.07 Å². The molecule has 0 fully saturated rings. The molecule has 0 aliphatic carbocycles. The van der Waals surface area contributed by atoms with Crippen LogP contribution in [0.4, 0.5) is 0 Å². The van der Waals surface area contributed by atoms with Crippen LogP contribution < -0.4 is 0 Å². The summed E-state index contributed by atoms with van der Waals surface area (Å²) in [4.78, 5) is 0. The molecule has 1 aromatic rings. The minimum absolute atomic E-state index is 0.0423. The van der Waals surface area contributed by atoms with Gasteiger partial charge in [-0.25, -0.2) is 0 Å². The maximum absolute atomic E-state index is 8.77. The molecule has 1 unspecified atom stereocenters. The summed E-state index contributed by atoms with van der Waals surface area (Å²) in [5.74, 6) is 0. The van der Waals surface area contributed by atoms with E-state index in [9.17, 15) is 0 Å². The average Bonchev–Trinajstić information content (AvgIpc) is 2.19. The van der Waals surface area contributed by atoms with E-state index < -0.39 is 0 Å². The van der Waals surface area contributed by atoms with E-state index in [0.29, 0.717) is 6.42 Å². The Morgan fingerprint density at radius 1 is 1.36 bits per heavy atom. The lowest BCUT2D eigenvalue weighted by Gasteiger charge is -2.25. The number of nitriles is 1. The minimum Gasteiger partial charge on any atom is -0.198 e. The Morgan fingerprint density at radius 2 is 1.93 bits per heavy atom. The molecule has 0 aliphatic rings. The molecule has 0 radical (unpaired) electrons. The van der Waals surface area contributed by atoms with Crippen molar-refractivity contribution in [3.05, 3.63) is 34.9 Å². The van der Waals surface area contributed by atoms with Crippen molar-refractivity contribution in [1.82, 2.24) is 0 Å². The number of hydrogen-bond donors (Lipinski definition) is 0. The summed E-state index contributed by atoms with van der Waals surface area (Å²) in [7, 11) is 0. The topological polar surface area (TPSA) is 23.8 Å². The van der Waals surface area contributed by atoms with E-state index in [2.05, 4.69) is 19.9 Å². The van der Waals surface area contributed by atoms with Crippen molar-refractivity contribution in [1.29, 1.82) is 5.26 Å². The number of nitrogens with zero attached hydrogens (tertiary/aromatic N) is 1. The number of benzene rings is 1. The van der Waals surface area contributed by atoms with Gasteiger partial charge in [-0.15, -0.1) is 0 Å². The first-order valence-electron chi connectivity index (χ1n) is 4.75. The quantitative estimate of drug-likeness (QED) is 0.737. The lowest BCUT2D eigenvalue weighted by Crippen LogP contribution is -2.19. The number of halogens is 1. The Morgan fingerprint density at radius 3 is 2.36 bits per heavy atom. The summed E-state index contributed by atoms with van der Waals surface area (Å²) < 4.78 is 0. The highest BCUT2D eigenvalue weighted by Crippen LogP contribution is 2.31. The molecule has 0 aliphatic heterocycles. The minimum atomic E-state index is -0.0423. The van der Waals surface area contributed by atoms with Crippen molar-refractivity contribution in [2.45, 2.75) is 32.1 Å². The van der Waals surface area contributed by atoms with E-state index in [1.54, 1.807) is 0 Å². The second-order valence-corrected chi connectivity index (χ2v) is 4.19. The molecule has 74 valence electrons. The summed E-state index contributed by atoms with van der Waals surface area (Å²) in [5, 5.41) is 9.51. The predicted molar refractivity (Wildman–Crippen MR) is 59.3 cm³/mol. The van der Waals surface area contributed by atoms with Gasteiger partial charge in [0, 0.05) is 16.9 Å². The summed E-state index contributed by atoms with van der Waals surface area (Å²) in [6.45, 7) is 4.21. The van der Waals surface area contributed by atoms with Gasteiger partial charge in [-0.2, -0.15) is 5.26 Å². The van der Waals surface area contributed by atoms with Crippen LogP contribution in [0, 0.1) is 11.3 Å². The molecule has 0 bridgehead atoms. The first-order chi connectivity index (χ1) is 6.62. The summed E-state index contributed by atoms with van der Waals surface area (Å²) in [5.41, 5.74) is 1.14. The molecule has 14 heavy (non-hydrogen) atoms. The Balaban J connectivity index is 3.01. The fourth-order valence-electron chi connectivity index (χ4n) is 1.46. The lowest BCUT2D eigenvalue weighted by atomic mass is 9.78. The molecule has 1 atom stereocenters. The van der Waals surface area contributed by atoms with Gasteiger partial charge < -0.3 is 0 Å². The number of hydrogen-bond acceptors (Lipinski definition) is 1. The SMILES string of the molecule is CCC(C)(CC#N)c1ccc(Cl)cc1. The van der Waals surface area contributed by atoms with Gasteiger partial charge in [-0.1, -0.05) is 37.6 Å². The van der Waals surface area contributed by atoms with Crippen LogP contribution in [0.5, 0.6) is 0 Å². The van der Waals surface area contributed by atoms with Gasteiger partial charge in [-0.05, 0) is 24.1 Å². The summed E-state index contributed by atoms with van der Waals surface area (Å²) in [6, 6.07) is 10.00. The molecule has 1 aromatic carbocycles. The Hall–Kier alpha value is -1.00. The second-order valence-electron chi connectivity index (χ2n) is 3.76. The van der Waals surface area contributed by atoms with E-state index in [1.807, 2.05) is 24.3 Å². The zero-order valence-electron chi connectivity index (χ0n) is 8.55. The van der Waals surface area contributed by atoms with Crippen molar-refractivity contribution < 1.29 is 0 Å². The molecule has 0 saturated heterocycles. The highest BCUT2D eigenvalue weighted by atomic mass is 35.5. The third-order valence-corrected chi connectivity index (χ3v) is 3.04. The van der Waals surface area contributed by atoms with Crippen molar-refractivity contribution in [3.63, 3.8) is 0 Å². The Bertz CT molecular complexity index is 336. The van der Waals surface area contributed by atoms with Gasteiger partial charge in [0.05, 0.1) is 6.07 Å². The highest BCUT2D eigenvalue weighted by Gasteiger charge is 2.23. The second kappa shape index (κ2) is 4.48. The average molecular weight is 208 g/mol. The molecule has 0 heterocycles. The zero-order chi connectivity index (χ0) is 10.6. The molecular weight excluding hydrogens is 194 g/mol. The third-order valence-electron chi connectivity index (χ3n) is 2.79. The monoisotopic (exact) mass is 207 g/mol. The molecule has 1 rings (SSSR count). The fraction of sp³-hybridized carbons (Fsp3) is 0.417. The molecule has 0 N–H and O–H groups in total. The van der Waals surface area contributed by atoms with Crippen molar-refractivity contribution >= 4 is 11.6 Å². The van der Waals surface area contributed by atoms with Crippen LogP contribution in [0.15, 0.2) is 24.3 Å². The normalized spacial score (nSPS) is 14.4. The Labute approximate surface area is 90.3 Å². The molecule has 0 aromatic heterocycles. The highest BCUT2D eigenvalue weighted by molar-refractivity contribution is 6.30. The van der Waals surface area contributed by atoms with Crippen LogP contribution in [0.25, 0.3) is 0 Å². The maximum atomic E-state index is 8.77. The van der Waals surface area contributed by atoms with E-state index in [0.717, 1.165) is 11.4 Å². The van der Waals surface area contributed by atoms with Crippen LogP contribution in [0.2, 0.25) is 5.02 Å². The number of rotatable bonds is 3. The summed E-state index contributed by atoms with van der Waals surface area (Å²) in [6.07, 6.45) is 1.51. The third kappa shape index (κ3) is 2.27. The van der Waals surface area contributed by atoms with Gasteiger partial charge in [0.25, 0.3) is 0 Å². The molecule has 0 spiro atoms. The first kappa shape index (κ1) is 11.1. The van der Waals surface area contributed by atoms with Crippen LogP contribution in [-0.4, -0.2) is 0 Å². The molecule has 2 heteroatoms. The van der Waals surface area contributed by atoms with Gasteiger partial charge >= 0.3 is 0 Å². The van der Waals surface area contributed by atoms with Crippen LogP contribution >= 0.6 is 11.6 Å². The van der Waals surface area contributed by atoms with Crippen molar-refractivity contribution in [2.75, 3.05) is 0 Å². The van der Waals surface area contributed by atoms with E-state index in [1.165, 1.54) is 5.56 Å². The van der Waals surface area contributed by atoms with Gasteiger partial charge in [-0.3, -0.25) is 0 Å². The van der Waals surface area contributed by atoms with Gasteiger partial charge in [0.15, 0.2) is 0 Å². The predicted octanol–water partition coefficient (Wildman–Crippen LogP) is 3.92. The van der Waals surface area contributed by atoms with E-state index in [-0.39, 0.29) is 5.41 Å². The molecule has 1 nitrogen and oxygen atoms in total. The zero-order valence-corrected chi connectivity index (χ0v) is 9.30. The molecule has 0 saturated carbocycles. The first-order valence-corrected chi connectivity index (χ1v) is 5.13. The van der Waals surface area contributed by atoms with E-state index in [4.69, 9.17) is 16.9 Å². The smallest absolute Gasteiger partial charge is 0.0631 e. The van der Waals surface area contributed by atoms with Crippen LogP contribution in [-0.2, 0) is 5.41 Å².